The predicted molar refractivity (Wildman–Crippen MR) is 88.8 cm³/mol. The molecule has 0 saturated carbocycles. The normalized spacial score (nSPS) is 14.6. The van der Waals surface area contributed by atoms with E-state index in [0.29, 0.717) is 29.9 Å². The summed E-state index contributed by atoms with van der Waals surface area (Å²) in [6, 6.07) is 7.29. The van der Waals surface area contributed by atoms with Crippen molar-refractivity contribution in [3.05, 3.63) is 47.2 Å². The van der Waals surface area contributed by atoms with Gasteiger partial charge < -0.3 is 15.0 Å². The van der Waals surface area contributed by atoms with E-state index in [9.17, 15) is 4.79 Å². The monoisotopic (exact) mass is 332 g/mol. The number of anilines is 2. The molecule has 0 spiro atoms. The molecule has 0 atom stereocenters. The number of halogens is 1. The molecule has 2 aromatic rings. The van der Waals surface area contributed by atoms with E-state index in [1.54, 1.807) is 18.5 Å². The minimum atomic E-state index is -0.152. The summed E-state index contributed by atoms with van der Waals surface area (Å²) >= 11 is 6.06. The highest BCUT2D eigenvalue weighted by atomic mass is 35.5. The second-order valence-electron chi connectivity index (χ2n) is 5.19. The van der Waals surface area contributed by atoms with Crippen molar-refractivity contribution in [3.8, 4) is 0 Å². The van der Waals surface area contributed by atoms with Crippen LogP contribution >= 0.6 is 11.6 Å². The summed E-state index contributed by atoms with van der Waals surface area (Å²) in [6.07, 6.45) is 3.44. The zero-order valence-corrected chi connectivity index (χ0v) is 13.3. The molecule has 1 aromatic carbocycles. The Labute approximate surface area is 139 Å². The Hall–Kier alpha value is -2.18. The van der Waals surface area contributed by atoms with Crippen molar-refractivity contribution in [2.75, 3.05) is 36.5 Å². The summed E-state index contributed by atoms with van der Waals surface area (Å²) in [6.45, 7) is 2.91. The van der Waals surface area contributed by atoms with Crippen molar-refractivity contribution in [3.63, 3.8) is 0 Å². The highest BCUT2D eigenvalue weighted by Crippen LogP contribution is 2.16. The van der Waals surface area contributed by atoms with Gasteiger partial charge in [-0.05, 0) is 11.6 Å². The van der Waals surface area contributed by atoms with Gasteiger partial charge in [0.2, 0.25) is 11.9 Å². The summed E-state index contributed by atoms with van der Waals surface area (Å²) < 4.78 is 5.30. The van der Waals surface area contributed by atoms with E-state index >= 15 is 0 Å². The minimum Gasteiger partial charge on any atom is -0.378 e. The molecule has 23 heavy (non-hydrogen) atoms. The van der Waals surface area contributed by atoms with E-state index < -0.39 is 0 Å². The highest BCUT2D eigenvalue weighted by Gasteiger charge is 2.14. The lowest BCUT2D eigenvalue weighted by atomic mass is 10.1. The third-order valence-corrected chi connectivity index (χ3v) is 3.89. The molecule has 120 valence electrons. The van der Waals surface area contributed by atoms with Crippen molar-refractivity contribution < 1.29 is 9.53 Å². The number of ether oxygens (including phenoxy) is 1. The lowest BCUT2D eigenvalue weighted by Gasteiger charge is -2.26. The minimum absolute atomic E-state index is 0.152. The van der Waals surface area contributed by atoms with Crippen LogP contribution in [-0.2, 0) is 16.0 Å². The number of carbonyl (C=O) groups is 1. The first kappa shape index (κ1) is 15.7. The molecule has 1 saturated heterocycles. The van der Waals surface area contributed by atoms with E-state index in [1.807, 2.05) is 18.2 Å². The number of hydrogen-bond acceptors (Lipinski definition) is 5. The molecule has 2 heterocycles. The number of carbonyl (C=O) groups excluding carboxylic acids is 1. The number of morpholine rings is 1. The van der Waals surface area contributed by atoms with Crippen LogP contribution in [0.2, 0.25) is 5.02 Å². The lowest BCUT2D eigenvalue weighted by Crippen LogP contribution is -2.37. The van der Waals surface area contributed by atoms with Crippen molar-refractivity contribution in [2.45, 2.75) is 6.42 Å². The Kier molecular flexibility index (Phi) is 5.05. The molecular formula is C16H17ClN4O2. The smallest absolute Gasteiger partial charge is 0.228 e. The molecule has 1 N–H and O–H groups in total. The van der Waals surface area contributed by atoms with Crippen LogP contribution in [0.5, 0.6) is 0 Å². The van der Waals surface area contributed by atoms with E-state index in [-0.39, 0.29) is 12.3 Å². The van der Waals surface area contributed by atoms with Crippen molar-refractivity contribution in [1.29, 1.82) is 0 Å². The second-order valence-corrected chi connectivity index (χ2v) is 5.59. The highest BCUT2D eigenvalue weighted by molar-refractivity contribution is 6.31. The van der Waals surface area contributed by atoms with Crippen LogP contribution in [0.1, 0.15) is 5.56 Å². The average molecular weight is 333 g/mol. The molecule has 1 aromatic heterocycles. The van der Waals surface area contributed by atoms with Gasteiger partial charge in [0.15, 0.2) is 0 Å². The molecule has 0 aliphatic carbocycles. The van der Waals surface area contributed by atoms with Gasteiger partial charge in [-0.15, -0.1) is 0 Å². The van der Waals surface area contributed by atoms with Crippen LogP contribution in [0, 0.1) is 0 Å². The molecule has 0 radical (unpaired) electrons. The number of amides is 1. The van der Waals surface area contributed by atoms with E-state index in [0.717, 1.165) is 18.7 Å². The first-order chi connectivity index (χ1) is 11.2. The Morgan fingerprint density at radius 1 is 1.22 bits per heavy atom. The molecule has 6 nitrogen and oxygen atoms in total. The molecule has 3 rings (SSSR count). The molecule has 1 fully saturated rings. The molecule has 1 aliphatic heterocycles. The average Bonchev–Trinajstić information content (AvgIpc) is 2.58. The summed E-state index contributed by atoms with van der Waals surface area (Å²) in [5.74, 6) is 0.498. The Morgan fingerprint density at radius 3 is 2.61 bits per heavy atom. The fourth-order valence-corrected chi connectivity index (χ4v) is 2.53. The van der Waals surface area contributed by atoms with Crippen molar-refractivity contribution >= 4 is 29.1 Å². The number of nitrogens with zero attached hydrogens (tertiary/aromatic N) is 3. The maximum absolute atomic E-state index is 12.1. The SMILES string of the molecule is O=C(Cc1ccccc1Cl)Nc1cnc(N2CCOCC2)nc1. The first-order valence-electron chi connectivity index (χ1n) is 7.40. The van der Waals surface area contributed by atoms with Crippen LogP contribution in [0.3, 0.4) is 0 Å². The van der Waals surface area contributed by atoms with E-state index in [1.165, 1.54) is 0 Å². The fraction of sp³-hybridized carbons (Fsp3) is 0.312. The largest absolute Gasteiger partial charge is 0.378 e. The number of nitrogens with one attached hydrogen (secondary N) is 1. The van der Waals surface area contributed by atoms with Gasteiger partial charge in [-0.2, -0.15) is 0 Å². The summed E-state index contributed by atoms with van der Waals surface area (Å²) in [7, 11) is 0. The van der Waals surface area contributed by atoms with E-state index in [2.05, 4.69) is 20.2 Å². The van der Waals surface area contributed by atoms with Gasteiger partial charge in [0.05, 0.1) is 37.7 Å². The number of aromatic nitrogens is 2. The van der Waals surface area contributed by atoms with E-state index in [4.69, 9.17) is 16.3 Å². The lowest BCUT2D eigenvalue weighted by molar-refractivity contribution is -0.115. The topological polar surface area (TPSA) is 67.4 Å². The van der Waals surface area contributed by atoms with Crippen molar-refractivity contribution in [2.24, 2.45) is 0 Å². The molecule has 1 amide bonds. The van der Waals surface area contributed by atoms with Gasteiger partial charge in [0.25, 0.3) is 0 Å². The number of benzene rings is 1. The van der Waals surface area contributed by atoms with Gasteiger partial charge in [-0.3, -0.25) is 4.79 Å². The summed E-state index contributed by atoms with van der Waals surface area (Å²) in [4.78, 5) is 22.7. The molecule has 0 unspecified atom stereocenters. The Balaban J connectivity index is 1.59. The standard InChI is InChI=1S/C16H17ClN4O2/c17-14-4-2-1-3-12(14)9-15(22)20-13-10-18-16(19-11-13)21-5-7-23-8-6-21/h1-4,10-11H,5-9H2,(H,20,22). The quantitative estimate of drug-likeness (QED) is 0.929. The summed E-state index contributed by atoms with van der Waals surface area (Å²) in [5.41, 5.74) is 1.36. The third-order valence-electron chi connectivity index (χ3n) is 3.52. The first-order valence-corrected chi connectivity index (χ1v) is 7.78. The van der Waals surface area contributed by atoms with Crippen LogP contribution in [-0.4, -0.2) is 42.2 Å². The predicted octanol–water partition coefficient (Wildman–Crippen LogP) is 2.15. The van der Waals surface area contributed by atoms with Crippen LogP contribution in [0.25, 0.3) is 0 Å². The zero-order valence-electron chi connectivity index (χ0n) is 12.5. The Morgan fingerprint density at radius 2 is 1.91 bits per heavy atom. The van der Waals surface area contributed by atoms with Gasteiger partial charge in [-0.25, -0.2) is 9.97 Å². The molecule has 7 heteroatoms. The van der Waals surface area contributed by atoms with Crippen molar-refractivity contribution in [1.82, 2.24) is 9.97 Å². The third kappa shape index (κ3) is 4.18. The van der Waals surface area contributed by atoms with Gasteiger partial charge in [0.1, 0.15) is 0 Å². The summed E-state index contributed by atoms with van der Waals surface area (Å²) in [5, 5.41) is 3.37. The second kappa shape index (κ2) is 7.39. The molecule has 1 aliphatic rings. The number of rotatable bonds is 4. The number of hydrogen-bond donors (Lipinski definition) is 1. The van der Waals surface area contributed by atoms with Crippen LogP contribution in [0.4, 0.5) is 11.6 Å². The van der Waals surface area contributed by atoms with Gasteiger partial charge >= 0.3 is 0 Å². The van der Waals surface area contributed by atoms with Crippen LogP contribution in [0.15, 0.2) is 36.7 Å². The zero-order chi connectivity index (χ0) is 16.1. The maximum atomic E-state index is 12.1. The Bertz CT molecular complexity index is 672. The fourth-order valence-electron chi connectivity index (χ4n) is 2.33. The molecule has 0 bridgehead atoms. The maximum Gasteiger partial charge on any atom is 0.228 e. The molecular weight excluding hydrogens is 316 g/mol. The van der Waals surface area contributed by atoms with Gasteiger partial charge in [-0.1, -0.05) is 29.8 Å². The van der Waals surface area contributed by atoms with Gasteiger partial charge in [0, 0.05) is 18.1 Å². The van der Waals surface area contributed by atoms with Crippen LogP contribution < -0.4 is 10.2 Å².